The molecule has 0 spiro atoms. The van der Waals surface area contributed by atoms with Crippen LogP contribution in [0.15, 0.2) is 59.2 Å². The van der Waals surface area contributed by atoms with Gasteiger partial charge in [0.15, 0.2) is 0 Å². The maximum Gasteiger partial charge on any atom is 0.256 e. The summed E-state index contributed by atoms with van der Waals surface area (Å²) in [7, 11) is 0. The minimum atomic E-state index is -0.181. The molecular weight excluding hydrogens is 330 g/mol. The van der Waals surface area contributed by atoms with Crippen LogP contribution >= 0.6 is 15.9 Å². The number of hydrogen-bond acceptors (Lipinski definition) is 3. The van der Waals surface area contributed by atoms with Gasteiger partial charge >= 0.3 is 0 Å². The number of halogens is 1. The number of amides is 1. The Kier molecular flexibility index (Phi) is 3.58. The third-order valence-corrected chi connectivity index (χ3v) is 3.79. The minimum absolute atomic E-state index is 0.181. The van der Waals surface area contributed by atoms with Crippen molar-refractivity contribution >= 4 is 44.1 Å². The summed E-state index contributed by atoms with van der Waals surface area (Å²) in [4.78, 5) is 16.7. The molecule has 2 aromatic carbocycles. The molecule has 1 aromatic heterocycles. The number of nitrogens with one attached hydrogen (secondary N) is 1. The number of aromatic nitrogens is 1. The van der Waals surface area contributed by atoms with Gasteiger partial charge in [-0.1, -0.05) is 18.2 Å². The SMILES string of the molecule is Nc1ccc(NC(=O)c2ccnc3ccccc23)c(Br)c1. The lowest BCUT2D eigenvalue weighted by Gasteiger charge is -2.09. The summed E-state index contributed by atoms with van der Waals surface area (Å²) in [6, 6.07) is 14.5. The van der Waals surface area contributed by atoms with E-state index >= 15 is 0 Å². The van der Waals surface area contributed by atoms with Crippen LogP contribution < -0.4 is 11.1 Å². The summed E-state index contributed by atoms with van der Waals surface area (Å²) in [6.07, 6.45) is 1.63. The molecule has 0 aliphatic rings. The fourth-order valence-electron chi connectivity index (χ4n) is 2.12. The van der Waals surface area contributed by atoms with E-state index in [2.05, 4.69) is 26.2 Å². The molecular formula is C16H12BrN3O. The number of carbonyl (C=O) groups is 1. The van der Waals surface area contributed by atoms with E-state index in [9.17, 15) is 4.79 Å². The van der Waals surface area contributed by atoms with Gasteiger partial charge in [0.05, 0.1) is 16.8 Å². The van der Waals surface area contributed by atoms with E-state index in [0.29, 0.717) is 16.9 Å². The van der Waals surface area contributed by atoms with Crippen molar-refractivity contribution in [2.75, 3.05) is 11.1 Å². The number of hydrogen-bond donors (Lipinski definition) is 2. The van der Waals surface area contributed by atoms with Gasteiger partial charge in [0.2, 0.25) is 0 Å². The third kappa shape index (κ3) is 2.73. The van der Waals surface area contributed by atoms with Gasteiger partial charge < -0.3 is 11.1 Å². The zero-order chi connectivity index (χ0) is 14.8. The van der Waals surface area contributed by atoms with Crippen LogP contribution in [0.3, 0.4) is 0 Å². The van der Waals surface area contributed by atoms with Gasteiger partial charge in [-0.2, -0.15) is 0 Å². The van der Waals surface area contributed by atoms with Crippen LogP contribution in [-0.2, 0) is 0 Å². The highest BCUT2D eigenvalue weighted by Gasteiger charge is 2.12. The van der Waals surface area contributed by atoms with Crippen molar-refractivity contribution in [2.45, 2.75) is 0 Å². The lowest BCUT2D eigenvalue weighted by Crippen LogP contribution is -2.13. The molecule has 0 saturated heterocycles. The number of benzene rings is 2. The number of pyridine rings is 1. The van der Waals surface area contributed by atoms with E-state index in [0.717, 1.165) is 15.4 Å². The summed E-state index contributed by atoms with van der Waals surface area (Å²) < 4.78 is 0.745. The molecule has 5 heteroatoms. The average molecular weight is 342 g/mol. The first-order valence-electron chi connectivity index (χ1n) is 6.35. The lowest BCUT2D eigenvalue weighted by atomic mass is 10.1. The number of nitrogens with zero attached hydrogens (tertiary/aromatic N) is 1. The van der Waals surface area contributed by atoms with Crippen molar-refractivity contribution in [3.05, 3.63) is 64.8 Å². The predicted molar refractivity (Wildman–Crippen MR) is 88.3 cm³/mol. The van der Waals surface area contributed by atoms with Crippen LogP contribution in [0.5, 0.6) is 0 Å². The van der Waals surface area contributed by atoms with Crippen LogP contribution in [0.2, 0.25) is 0 Å². The molecule has 104 valence electrons. The first kappa shape index (κ1) is 13.6. The number of nitrogens with two attached hydrogens (primary N) is 1. The van der Waals surface area contributed by atoms with Crippen molar-refractivity contribution < 1.29 is 4.79 Å². The Morgan fingerprint density at radius 1 is 1.14 bits per heavy atom. The number of fused-ring (bicyclic) bond motifs is 1. The van der Waals surface area contributed by atoms with E-state index in [4.69, 9.17) is 5.73 Å². The first-order valence-corrected chi connectivity index (χ1v) is 7.14. The standard InChI is InChI=1S/C16H12BrN3O/c17-13-9-10(18)5-6-15(13)20-16(21)12-7-8-19-14-4-2-1-3-11(12)14/h1-9H,18H2,(H,20,21). The molecule has 3 N–H and O–H groups in total. The zero-order valence-corrected chi connectivity index (χ0v) is 12.6. The molecule has 3 rings (SSSR count). The topological polar surface area (TPSA) is 68.0 Å². The Hall–Kier alpha value is -2.40. The normalized spacial score (nSPS) is 10.5. The van der Waals surface area contributed by atoms with Crippen LogP contribution in [0.25, 0.3) is 10.9 Å². The van der Waals surface area contributed by atoms with Crippen molar-refractivity contribution in [3.63, 3.8) is 0 Å². The summed E-state index contributed by atoms with van der Waals surface area (Å²) in [5, 5.41) is 3.70. The zero-order valence-electron chi connectivity index (χ0n) is 11.0. The molecule has 3 aromatic rings. The highest BCUT2D eigenvalue weighted by molar-refractivity contribution is 9.10. The number of nitrogen functional groups attached to an aromatic ring is 1. The Morgan fingerprint density at radius 2 is 1.95 bits per heavy atom. The number of anilines is 2. The second-order valence-corrected chi connectivity index (χ2v) is 5.42. The van der Waals surface area contributed by atoms with Gasteiger partial charge in [0, 0.05) is 21.7 Å². The number of rotatable bonds is 2. The van der Waals surface area contributed by atoms with Gasteiger partial charge in [-0.15, -0.1) is 0 Å². The highest BCUT2D eigenvalue weighted by Crippen LogP contribution is 2.26. The second kappa shape index (κ2) is 5.54. The lowest BCUT2D eigenvalue weighted by molar-refractivity contribution is 0.102. The molecule has 0 aliphatic carbocycles. The Morgan fingerprint density at radius 3 is 2.76 bits per heavy atom. The van der Waals surface area contributed by atoms with Crippen LogP contribution in [0, 0.1) is 0 Å². The van der Waals surface area contributed by atoms with Crippen molar-refractivity contribution in [1.82, 2.24) is 4.98 Å². The molecule has 0 atom stereocenters. The Bertz CT molecular complexity index is 827. The van der Waals surface area contributed by atoms with E-state index in [1.165, 1.54) is 0 Å². The van der Waals surface area contributed by atoms with Crippen LogP contribution in [-0.4, -0.2) is 10.9 Å². The van der Waals surface area contributed by atoms with E-state index < -0.39 is 0 Å². The minimum Gasteiger partial charge on any atom is -0.399 e. The molecule has 1 heterocycles. The van der Waals surface area contributed by atoms with Crippen molar-refractivity contribution in [3.8, 4) is 0 Å². The van der Waals surface area contributed by atoms with E-state index in [1.54, 1.807) is 30.5 Å². The third-order valence-electron chi connectivity index (χ3n) is 3.14. The van der Waals surface area contributed by atoms with Crippen molar-refractivity contribution in [2.24, 2.45) is 0 Å². The quantitative estimate of drug-likeness (QED) is 0.696. The Balaban J connectivity index is 1.97. The first-order chi connectivity index (χ1) is 10.1. The predicted octanol–water partition coefficient (Wildman–Crippen LogP) is 3.83. The van der Waals surface area contributed by atoms with Crippen LogP contribution in [0.4, 0.5) is 11.4 Å². The molecule has 0 saturated carbocycles. The molecule has 21 heavy (non-hydrogen) atoms. The van der Waals surface area contributed by atoms with E-state index in [-0.39, 0.29) is 5.91 Å². The van der Waals surface area contributed by atoms with Gasteiger partial charge in [-0.05, 0) is 46.3 Å². The molecule has 0 bridgehead atoms. The summed E-state index contributed by atoms with van der Waals surface area (Å²) in [6.45, 7) is 0. The fraction of sp³-hybridized carbons (Fsp3) is 0. The average Bonchev–Trinajstić information content (AvgIpc) is 2.49. The molecule has 0 unspecified atom stereocenters. The van der Waals surface area contributed by atoms with Gasteiger partial charge in [0.1, 0.15) is 0 Å². The number of para-hydroxylation sites is 1. The maximum absolute atomic E-state index is 12.5. The van der Waals surface area contributed by atoms with E-state index in [1.807, 2.05) is 24.3 Å². The van der Waals surface area contributed by atoms with Crippen molar-refractivity contribution in [1.29, 1.82) is 0 Å². The summed E-state index contributed by atoms with van der Waals surface area (Å²) >= 11 is 3.39. The maximum atomic E-state index is 12.5. The van der Waals surface area contributed by atoms with Crippen LogP contribution in [0.1, 0.15) is 10.4 Å². The largest absolute Gasteiger partial charge is 0.399 e. The molecule has 0 aliphatic heterocycles. The van der Waals surface area contributed by atoms with Gasteiger partial charge in [-0.3, -0.25) is 9.78 Å². The highest BCUT2D eigenvalue weighted by atomic mass is 79.9. The Labute approximate surface area is 130 Å². The molecule has 1 amide bonds. The molecule has 4 nitrogen and oxygen atoms in total. The molecule has 0 radical (unpaired) electrons. The van der Waals surface area contributed by atoms with Gasteiger partial charge in [0.25, 0.3) is 5.91 Å². The fourth-order valence-corrected chi connectivity index (χ4v) is 2.61. The van der Waals surface area contributed by atoms with Gasteiger partial charge in [-0.25, -0.2) is 0 Å². The summed E-state index contributed by atoms with van der Waals surface area (Å²) in [5.74, 6) is -0.181. The second-order valence-electron chi connectivity index (χ2n) is 4.57. The molecule has 0 fully saturated rings. The number of carbonyl (C=O) groups excluding carboxylic acids is 1. The summed E-state index contributed by atoms with van der Waals surface area (Å²) in [5.41, 5.74) is 8.38. The smallest absolute Gasteiger partial charge is 0.256 e. The monoisotopic (exact) mass is 341 g/mol.